The van der Waals surface area contributed by atoms with Gasteiger partial charge in [-0.05, 0) is 12.8 Å². The lowest BCUT2D eigenvalue weighted by molar-refractivity contribution is 0.0922. The summed E-state index contributed by atoms with van der Waals surface area (Å²) >= 11 is 0. The van der Waals surface area contributed by atoms with Crippen molar-refractivity contribution in [2.45, 2.75) is 25.7 Å². The highest BCUT2D eigenvalue weighted by atomic mass is 16.5. The maximum Gasteiger partial charge on any atom is 0.226 e. The molecule has 2 aromatic rings. The maximum absolute atomic E-state index is 5.98. The summed E-state index contributed by atoms with van der Waals surface area (Å²) in [5.41, 5.74) is 6.91. The number of aromatic nitrogens is 4. The Kier molecular flexibility index (Phi) is 3.67. The number of nitrogens with two attached hydrogens (primary N) is 1. The minimum atomic E-state index is 0.189. The molecule has 2 heterocycles. The quantitative estimate of drug-likeness (QED) is 0.868. The summed E-state index contributed by atoms with van der Waals surface area (Å²) in [6.45, 7) is 1.58. The summed E-state index contributed by atoms with van der Waals surface area (Å²) in [7, 11) is 3.61. The van der Waals surface area contributed by atoms with Crippen molar-refractivity contribution in [3.63, 3.8) is 0 Å². The van der Waals surface area contributed by atoms with Crippen molar-refractivity contribution in [3.8, 4) is 0 Å². The van der Waals surface area contributed by atoms with E-state index in [2.05, 4.69) is 20.4 Å². The van der Waals surface area contributed by atoms with Crippen molar-refractivity contribution >= 4 is 22.8 Å². The van der Waals surface area contributed by atoms with Crippen molar-refractivity contribution in [2.24, 2.45) is 12.5 Å². The molecular formula is C14H22N6O. The van der Waals surface area contributed by atoms with Gasteiger partial charge in [0.15, 0.2) is 5.65 Å². The Labute approximate surface area is 123 Å². The normalized spacial score (nSPS) is 17.4. The largest absolute Gasteiger partial charge is 0.384 e. The molecule has 0 amide bonds. The van der Waals surface area contributed by atoms with E-state index in [4.69, 9.17) is 10.5 Å². The fourth-order valence-electron chi connectivity index (χ4n) is 3.19. The predicted molar refractivity (Wildman–Crippen MR) is 82.0 cm³/mol. The lowest BCUT2D eigenvalue weighted by Crippen LogP contribution is -2.32. The maximum atomic E-state index is 5.98. The number of hydrogen-bond acceptors (Lipinski definition) is 6. The second-order valence-electron chi connectivity index (χ2n) is 5.93. The molecule has 0 bridgehead atoms. The lowest BCUT2D eigenvalue weighted by atomic mass is 9.87. The van der Waals surface area contributed by atoms with E-state index >= 15 is 0 Å². The summed E-state index contributed by atoms with van der Waals surface area (Å²) in [4.78, 5) is 8.83. The first-order chi connectivity index (χ1) is 10.1. The van der Waals surface area contributed by atoms with E-state index in [9.17, 15) is 0 Å². The number of methoxy groups -OCH3 is 1. The highest BCUT2D eigenvalue weighted by Crippen LogP contribution is 2.38. The van der Waals surface area contributed by atoms with Gasteiger partial charge in [-0.25, -0.2) is 0 Å². The fourth-order valence-corrected chi connectivity index (χ4v) is 3.19. The van der Waals surface area contributed by atoms with Gasteiger partial charge in [-0.2, -0.15) is 15.1 Å². The molecule has 0 saturated heterocycles. The fraction of sp³-hybridized carbons (Fsp3) is 0.643. The van der Waals surface area contributed by atoms with Crippen LogP contribution in [-0.2, 0) is 11.8 Å². The second kappa shape index (κ2) is 5.48. The van der Waals surface area contributed by atoms with Gasteiger partial charge in [0.2, 0.25) is 5.95 Å². The molecule has 1 aliphatic rings. The van der Waals surface area contributed by atoms with Crippen molar-refractivity contribution in [1.82, 2.24) is 19.7 Å². The Hall–Kier alpha value is -1.89. The number of ether oxygens (including phenoxy) is 1. The molecule has 0 spiro atoms. The van der Waals surface area contributed by atoms with Gasteiger partial charge in [0.05, 0.1) is 18.2 Å². The van der Waals surface area contributed by atoms with Crippen LogP contribution < -0.4 is 11.1 Å². The van der Waals surface area contributed by atoms with E-state index in [0.29, 0.717) is 11.8 Å². The molecule has 0 radical (unpaired) electrons. The molecular weight excluding hydrogens is 268 g/mol. The Bertz CT molecular complexity index is 632. The summed E-state index contributed by atoms with van der Waals surface area (Å²) in [6.07, 6.45) is 6.57. The summed E-state index contributed by atoms with van der Waals surface area (Å²) < 4.78 is 7.11. The zero-order valence-corrected chi connectivity index (χ0v) is 12.6. The number of nitrogens with zero attached hydrogens (tertiary/aromatic N) is 4. The molecule has 7 nitrogen and oxygen atoms in total. The summed E-state index contributed by atoms with van der Waals surface area (Å²) in [5.74, 6) is 1.02. The molecule has 2 aromatic heterocycles. The molecule has 21 heavy (non-hydrogen) atoms. The van der Waals surface area contributed by atoms with E-state index in [1.807, 2.05) is 7.05 Å². The molecule has 0 atom stereocenters. The zero-order valence-electron chi connectivity index (χ0n) is 12.6. The Morgan fingerprint density at radius 2 is 2.14 bits per heavy atom. The third kappa shape index (κ3) is 2.65. The first-order valence-electron chi connectivity index (χ1n) is 7.32. The van der Waals surface area contributed by atoms with Gasteiger partial charge in [-0.15, -0.1) is 0 Å². The van der Waals surface area contributed by atoms with E-state index in [-0.39, 0.29) is 5.41 Å². The van der Waals surface area contributed by atoms with Crippen LogP contribution >= 0.6 is 0 Å². The highest BCUT2D eigenvalue weighted by molar-refractivity contribution is 5.86. The van der Waals surface area contributed by atoms with Crippen molar-refractivity contribution in [2.75, 3.05) is 31.3 Å². The average molecular weight is 290 g/mol. The van der Waals surface area contributed by atoms with Gasteiger partial charge in [0, 0.05) is 26.1 Å². The third-order valence-corrected chi connectivity index (χ3v) is 4.36. The number of nitrogen functional groups attached to an aromatic ring is 1. The van der Waals surface area contributed by atoms with Crippen LogP contribution in [0.5, 0.6) is 0 Å². The molecule has 0 aliphatic heterocycles. The van der Waals surface area contributed by atoms with Gasteiger partial charge in [-0.1, -0.05) is 12.8 Å². The Balaban J connectivity index is 1.79. The van der Waals surface area contributed by atoms with Crippen LogP contribution in [0.3, 0.4) is 0 Å². The number of hydrogen-bond donors (Lipinski definition) is 2. The van der Waals surface area contributed by atoms with Crippen LogP contribution in [0.4, 0.5) is 11.8 Å². The number of rotatable bonds is 5. The Morgan fingerprint density at radius 1 is 1.38 bits per heavy atom. The van der Waals surface area contributed by atoms with Gasteiger partial charge < -0.3 is 15.8 Å². The van der Waals surface area contributed by atoms with Crippen LogP contribution in [0.25, 0.3) is 11.0 Å². The molecule has 3 rings (SSSR count). The number of aryl methyl sites for hydroxylation is 1. The Morgan fingerprint density at radius 3 is 2.86 bits per heavy atom. The van der Waals surface area contributed by atoms with Gasteiger partial charge in [-0.3, -0.25) is 4.68 Å². The molecule has 0 aromatic carbocycles. The van der Waals surface area contributed by atoms with Gasteiger partial charge in [0.25, 0.3) is 0 Å². The predicted octanol–water partition coefficient (Wildman–Crippen LogP) is 1.56. The monoisotopic (exact) mass is 290 g/mol. The molecule has 1 saturated carbocycles. The van der Waals surface area contributed by atoms with E-state index < -0.39 is 0 Å². The highest BCUT2D eigenvalue weighted by Gasteiger charge is 2.34. The molecule has 0 unspecified atom stereocenters. The van der Waals surface area contributed by atoms with Crippen LogP contribution in [0, 0.1) is 5.41 Å². The van der Waals surface area contributed by atoms with Crippen molar-refractivity contribution in [1.29, 1.82) is 0 Å². The van der Waals surface area contributed by atoms with E-state index in [0.717, 1.165) is 24.2 Å². The minimum absolute atomic E-state index is 0.189. The second-order valence-corrected chi connectivity index (χ2v) is 5.93. The first kappa shape index (κ1) is 14.1. The topological polar surface area (TPSA) is 90.9 Å². The molecule has 7 heteroatoms. The van der Waals surface area contributed by atoms with Gasteiger partial charge in [0.1, 0.15) is 5.82 Å². The van der Waals surface area contributed by atoms with E-state index in [1.165, 1.54) is 25.7 Å². The van der Waals surface area contributed by atoms with Crippen molar-refractivity contribution < 1.29 is 4.74 Å². The first-order valence-corrected chi connectivity index (χ1v) is 7.32. The van der Waals surface area contributed by atoms with Gasteiger partial charge >= 0.3 is 0 Å². The summed E-state index contributed by atoms with van der Waals surface area (Å²) in [5, 5.41) is 8.29. The molecule has 1 aliphatic carbocycles. The zero-order chi connectivity index (χ0) is 14.9. The lowest BCUT2D eigenvalue weighted by Gasteiger charge is -2.28. The standard InChI is InChI=1S/C14H22N6O/c1-20-12-10(7-17-20)11(15)18-13(19-12)16-8-14(9-21-2)5-3-4-6-14/h7H,3-6,8-9H2,1-2H3,(H3,15,16,18,19). The summed E-state index contributed by atoms with van der Waals surface area (Å²) in [6, 6.07) is 0. The SMILES string of the molecule is COCC1(CNc2nc(N)c3cnn(C)c3n2)CCCC1. The average Bonchev–Trinajstić information content (AvgIpc) is 3.06. The van der Waals surface area contributed by atoms with Crippen molar-refractivity contribution in [3.05, 3.63) is 6.20 Å². The molecule has 3 N–H and O–H groups in total. The number of fused-ring (bicyclic) bond motifs is 1. The van der Waals surface area contributed by atoms with E-state index in [1.54, 1.807) is 18.0 Å². The van der Waals surface area contributed by atoms with Crippen LogP contribution in [-0.4, -0.2) is 40.0 Å². The van der Waals surface area contributed by atoms with Crippen LogP contribution in [0.1, 0.15) is 25.7 Å². The number of nitrogens with one attached hydrogen (secondary N) is 1. The molecule has 114 valence electrons. The minimum Gasteiger partial charge on any atom is -0.384 e. The van der Waals surface area contributed by atoms with Crippen LogP contribution in [0.2, 0.25) is 0 Å². The molecule has 1 fully saturated rings. The number of anilines is 2. The van der Waals surface area contributed by atoms with Crippen LogP contribution in [0.15, 0.2) is 6.20 Å². The third-order valence-electron chi connectivity index (χ3n) is 4.36. The smallest absolute Gasteiger partial charge is 0.226 e.